The number of carbonyl (C=O) groups is 2. The number of likely N-dealkylation sites (tertiary alicyclic amines) is 1. The zero-order valence-corrected chi connectivity index (χ0v) is 15.9. The first-order valence-corrected chi connectivity index (χ1v) is 9.71. The molecule has 29 heavy (non-hydrogen) atoms. The average molecular weight is 391 g/mol. The summed E-state index contributed by atoms with van der Waals surface area (Å²) in [4.78, 5) is 27.3. The first-order chi connectivity index (χ1) is 14.1. The Morgan fingerprint density at radius 1 is 1.00 bits per heavy atom. The van der Waals surface area contributed by atoms with E-state index in [4.69, 9.17) is 0 Å². The number of anilines is 1. The van der Waals surface area contributed by atoms with Crippen molar-refractivity contribution in [1.82, 2.24) is 9.47 Å². The number of benzene rings is 2. The highest BCUT2D eigenvalue weighted by molar-refractivity contribution is 5.98. The Morgan fingerprint density at radius 3 is 2.48 bits per heavy atom. The van der Waals surface area contributed by atoms with Gasteiger partial charge in [0.1, 0.15) is 11.9 Å². The van der Waals surface area contributed by atoms with Crippen molar-refractivity contribution in [1.29, 1.82) is 0 Å². The Bertz CT molecular complexity index is 1000. The number of hydrogen-bond donors (Lipinski definition) is 1. The van der Waals surface area contributed by atoms with E-state index in [1.165, 1.54) is 6.07 Å². The molecule has 0 aliphatic carbocycles. The molecule has 2 aromatic carbocycles. The Balaban J connectivity index is 1.65. The number of aromatic nitrogens is 1. The van der Waals surface area contributed by atoms with Gasteiger partial charge in [-0.05, 0) is 48.7 Å². The average Bonchev–Trinajstić information content (AvgIpc) is 3.27. The van der Waals surface area contributed by atoms with Gasteiger partial charge in [0.2, 0.25) is 5.91 Å². The van der Waals surface area contributed by atoms with Crippen LogP contribution in [-0.4, -0.2) is 27.8 Å². The molecule has 1 aromatic heterocycles. The minimum absolute atomic E-state index is 0.0539. The number of rotatable bonds is 5. The first-order valence-electron chi connectivity index (χ1n) is 9.71. The minimum atomic E-state index is -0.793. The molecule has 1 N–H and O–H groups in total. The summed E-state index contributed by atoms with van der Waals surface area (Å²) >= 11 is 0. The van der Waals surface area contributed by atoms with Crippen molar-refractivity contribution in [2.24, 2.45) is 0 Å². The maximum atomic E-state index is 14.5. The summed E-state index contributed by atoms with van der Waals surface area (Å²) in [6, 6.07) is 16.7. The number of nitrogens with one attached hydrogen (secondary N) is 1. The third-order valence-corrected chi connectivity index (χ3v) is 5.15. The second kappa shape index (κ2) is 8.31. The number of amides is 2. The summed E-state index contributed by atoms with van der Waals surface area (Å²) in [6.07, 6.45) is 5.79. The van der Waals surface area contributed by atoms with Crippen molar-refractivity contribution in [3.8, 4) is 5.69 Å². The summed E-state index contributed by atoms with van der Waals surface area (Å²) in [5, 5.41) is 2.71. The van der Waals surface area contributed by atoms with Crippen LogP contribution in [-0.2, 0) is 9.59 Å². The number of carbonyl (C=O) groups excluding carboxylic acids is 2. The third-order valence-electron chi connectivity index (χ3n) is 5.15. The lowest BCUT2D eigenvalue weighted by Crippen LogP contribution is -2.43. The molecule has 1 saturated heterocycles. The zero-order valence-electron chi connectivity index (χ0n) is 15.9. The molecule has 3 aromatic rings. The van der Waals surface area contributed by atoms with E-state index in [9.17, 15) is 14.0 Å². The van der Waals surface area contributed by atoms with E-state index in [1.54, 1.807) is 17.0 Å². The Kier molecular flexibility index (Phi) is 5.42. The molecule has 4 rings (SSSR count). The van der Waals surface area contributed by atoms with Crippen LogP contribution in [0.25, 0.3) is 5.69 Å². The van der Waals surface area contributed by atoms with E-state index in [0.717, 1.165) is 18.5 Å². The number of nitrogens with zero attached hydrogens (tertiary/aromatic N) is 2. The van der Waals surface area contributed by atoms with Crippen LogP contribution in [0.3, 0.4) is 0 Å². The molecule has 0 unspecified atom stereocenters. The fraction of sp³-hybridized carbons (Fsp3) is 0.217. The van der Waals surface area contributed by atoms with Gasteiger partial charge in [-0.3, -0.25) is 9.59 Å². The molecule has 2 heterocycles. The highest BCUT2D eigenvalue weighted by Gasteiger charge is 2.33. The number of halogens is 1. The molecule has 0 saturated carbocycles. The Hall–Kier alpha value is -3.41. The van der Waals surface area contributed by atoms with Crippen molar-refractivity contribution >= 4 is 17.5 Å². The lowest BCUT2D eigenvalue weighted by atomic mass is 10.0. The molecular weight excluding hydrogens is 369 g/mol. The van der Waals surface area contributed by atoms with E-state index in [-0.39, 0.29) is 11.6 Å². The number of piperidine rings is 1. The molecule has 0 radical (unpaired) electrons. The molecule has 1 atom stereocenters. The van der Waals surface area contributed by atoms with E-state index in [0.29, 0.717) is 18.5 Å². The van der Waals surface area contributed by atoms with Crippen LogP contribution in [0.15, 0.2) is 73.1 Å². The molecule has 2 amide bonds. The highest BCUT2D eigenvalue weighted by atomic mass is 19.1. The van der Waals surface area contributed by atoms with Crippen LogP contribution in [0, 0.1) is 5.82 Å². The Morgan fingerprint density at radius 2 is 1.76 bits per heavy atom. The summed E-state index contributed by atoms with van der Waals surface area (Å²) < 4.78 is 16.3. The van der Waals surface area contributed by atoms with Gasteiger partial charge in [-0.1, -0.05) is 30.3 Å². The smallest absolute Gasteiger partial charge is 0.251 e. The van der Waals surface area contributed by atoms with Gasteiger partial charge in [0.05, 0.1) is 5.69 Å². The maximum Gasteiger partial charge on any atom is 0.251 e. The van der Waals surface area contributed by atoms with Crippen LogP contribution >= 0.6 is 0 Å². The van der Waals surface area contributed by atoms with Gasteiger partial charge < -0.3 is 14.8 Å². The summed E-state index contributed by atoms with van der Waals surface area (Å²) in [5.41, 5.74) is 1.53. The van der Waals surface area contributed by atoms with E-state index >= 15 is 0 Å². The van der Waals surface area contributed by atoms with Crippen molar-refractivity contribution in [3.05, 3.63) is 84.4 Å². The molecule has 1 aliphatic heterocycles. The molecular formula is C23H22FN3O2. The largest absolute Gasteiger partial charge is 0.327 e. The van der Waals surface area contributed by atoms with E-state index in [2.05, 4.69) is 5.32 Å². The quantitative estimate of drug-likeness (QED) is 0.705. The van der Waals surface area contributed by atoms with Crippen molar-refractivity contribution in [2.75, 3.05) is 11.9 Å². The predicted molar refractivity (Wildman–Crippen MR) is 109 cm³/mol. The third kappa shape index (κ3) is 4.06. The van der Waals surface area contributed by atoms with E-state index in [1.807, 2.05) is 59.4 Å². The fourth-order valence-electron chi connectivity index (χ4n) is 3.69. The second-order valence-corrected chi connectivity index (χ2v) is 7.10. The lowest BCUT2D eigenvalue weighted by Gasteiger charge is -2.34. The van der Waals surface area contributed by atoms with Gasteiger partial charge in [0, 0.05) is 31.0 Å². The fourth-order valence-corrected chi connectivity index (χ4v) is 3.69. The van der Waals surface area contributed by atoms with Gasteiger partial charge in [0.25, 0.3) is 5.91 Å². The first kappa shape index (κ1) is 18.9. The monoisotopic (exact) mass is 391 g/mol. The van der Waals surface area contributed by atoms with Crippen molar-refractivity contribution in [3.63, 3.8) is 0 Å². The summed E-state index contributed by atoms with van der Waals surface area (Å²) in [6.45, 7) is 0.512. The topological polar surface area (TPSA) is 54.3 Å². The zero-order chi connectivity index (χ0) is 20.2. The maximum absolute atomic E-state index is 14.5. The van der Waals surface area contributed by atoms with Crippen LogP contribution in [0.5, 0.6) is 0 Å². The number of hydrogen-bond acceptors (Lipinski definition) is 2. The van der Waals surface area contributed by atoms with Gasteiger partial charge in [0.15, 0.2) is 0 Å². The van der Waals surface area contributed by atoms with E-state index < -0.39 is 17.8 Å². The predicted octanol–water partition coefficient (Wildman–Crippen LogP) is 4.31. The van der Waals surface area contributed by atoms with Gasteiger partial charge in [-0.2, -0.15) is 0 Å². The molecule has 1 fully saturated rings. The van der Waals surface area contributed by atoms with Crippen LogP contribution in [0.1, 0.15) is 30.9 Å². The molecule has 0 spiro atoms. The summed E-state index contributed by atoms with van der Waals surface area (Å²) in [5.74, 6) is -0.997. The Labute approximate surface area is 168 Å². The van der Waals surface area contributed by atoms with Crippen LogP contribution in [0.4, 0.5) is 10.1 Å². The van der Waals surface area contributed by atoms with Gasteiger partial charge in [-0.15, -0.1) is 0 Å². The second-order valence-electron chi connectivity index (χ2n) is 7.10. The molecule has 5 nitrogen and oxygen atoms in total. The van der Waals surface area contributed by atoms with Crippen molar-refractivity contribution < 1.29 is 14.0 Å². The normalized spacial score (nSPS) is 15.2. The van der Waals surface area contributed by atoms with Crippen LogP contribution < -0.4 is 5.32 Å². The van der Waals surface area contributed by atoms with Gasteiger partial charge >= 0.3 is 0 Å². The van der Waals surface area contributed by atoms with Crippen LogP contribution in [0.2, 0.25) is 0 Å². The highest BCUT2D eigenvalue weighted by Crippen LogP contribution is 2.28. The van der Waals surface area contributed by atoms with Gasteiger partial charge in [-0.25, -0.2) is 4.39 Å². The molecule has 148 valence electrons. The van der Waals surface area contributed by atoms with Crippen molar-refractivity contribution in [2.45, 2.75) is 25.3 Å². The SMILES string of the molecule is O=C(Nc1cc(-n2cccc2)ccc1F)[C@@H](c1ccccc1)N1CCCCC1=O. The lowest BCUT2D eigenvalue weighted by molar-refractivity contribution is -0.141. The standard InChI is InChI=1S/C23H22FN3O2/c24-19-12-11-18(26-13-6-7-14-26)16-20(19)25-23(29)22(17-8-2-1-3-9-17)27-15-5-4-10-21(27)28/h1-3,6-9,11-14,16,22H,4-5,10,15H2,(H,25,29)/t22-/m1/s1. The molecule has 1 aliphatic rings. The minimum Gasteiger partial charge on any atom is -0.327 e. The molecule has 0 bridgehead atoms. The molecule has 6 heteroatoms. The summed E-state index contributed by atoms with van der Waals surface area (Å²) in [7, 11) is 0.